The highest BCUT2D eigenvalue weighted by Crippen LogP contribution is 2.29. The van der Waals surface area contributed by atoms with Crippen molar-refractivity contribution in [3.05, 3.63) is 32.6 Å². The number of aryl methyl sites for hydroxylation is 1. The molecule has 2 N–H and O–H groups in total. The molecule has 0 aromatic carbocycles. The molecule has 1 aliphatic rings. The number of ether oxygens (including phenoxy) is 1. The van der Waals surface area contributed by atoms with Gasteiger partial charge in [0.15, 0.2) is 0 Å². The third-order valence-corrected chi connectivity index (χ3v) is 3.11. The van der Waals surface area contributed by atoms with Crippen molar-refractivity contribution in [2.24, 2.45) is 0 Å². The Labute approximate surface area is 119 Å². The first-order valence-electron chi connectivity index (χ1n) is 6.34. The standard InChI is InChI=1S/C12H16N2O7/c1-6-4-14(12(18)13-11(6)17)10-3-8(9(5-15)19-10)21-20-7(2)16/h4,8-10,15H,3,5H2,1-2H3,(H,13,17,18)/t8-,9+,10+/m0/s1. The number of H-pyrrole nitrogens is 1. The molecule has 0 saturated carbocycles. The summed E-state index contributed by atoms with van der Waals surface area (Å²) >= 11 is 0. The number of nitrogens with zero attached hydrogens (tertiary/aromatic N) is 1. The minimum atomic E-state index is -0.742. The molecule has 2 heterocycles. The molecule has 9 nitrogen and oxygen atoms in total. The van der Waals surface area contributed by atoms with Crippen molar-refractivity contribution in [2.75, 3.05) is 6.61 Å². The highest BCUT2D eigenvalue weighted by molar-refractivity contribution is 5.65. The van der Waals surface area contributed by atoms with E-state index < -0.39 is 35.7 Å². The van der Waals surface area contributed by atoms with Crippen LogP contribution in [-0.2, 0) is 19.3 Å². The van der Waals surface area contributed by atoms with Crippen molar-refractivity contribution >= 4 is 5.97 Å². The summed E-state index contributed by atoms with van der Waals surface area (Å²) in [5.74, 6) is -0.632. The van der Waals surface area contributed by atoms with Crippen LogP contribution < -0.4 is 11.2 Å². The fourth-order valence-electron chi connectivity index (χ4n) is 2.07. The van der Waals surface area contributed by atoms with Gasteiger partial charge in [-0.25, -0.2) is 9.59 Å². The zero-order chi connectivity index (χ0) is 15.6. The fraction of sp³-hybridized carbons (Fsp3) is 0.583. The monoisotopic (exact) mass is 300 g/mol. The minimum Gasteiger partial charge on any atom is -0.394 e. The van der Waals surface area contributed by atoms with Gasteiger partial charge < -0.3 is 9.84 Å². The molecule has 21 heavy (non-hydrogen) atoms. The van der Waals surface area contributed by atoms with Crippen LogP contribution in [0.5, 0.6) is 0 Å². The number of carbonyl (C=O) groups is 1. The lowest BCUT2D eigenvalue weighted by atomic mass is 10.2. The van der Waals surface area contributed by atoms with Crippen LogP contribution in [0.2, 0.25) is 0 Å². The molecule has 116 valence electrons. The maximum atomic E-state index is 11.8. The first-order valence-corrected chi connectivity index (χ1v) is 6.34. The van der Waals surface area contributed by atoms with Crippen LogP contribution in [0.15, 0.2) is 15.8 Å². The normalized spacial score (nSPS) is 25.0. The Balaban J connectivity index is 2.19. The number of aromatic amines is 1. The van der Waals surface area contributed by atoms with E-state index >= 15 is 0 Å². The van der Waals surface area contributed by atoms with Crippen molar-refractivity contribution < 1.29 is 24.4 Å². The Morgan fingerprint density at radius 1 is 1.57 bits per heavy atom. The van der Waals surface area contributed by atoms with Gasteiger partial charge in [0, 0.05) is 25.1 Å². The summed E-state index contributed by atoms with van der Waals surface area (Å²) < 4.78 is 6.70. The molecule has 0 bridgehead atoms. The molecule has 1 saturated heterocycles. The third-order valence-electron chi connectivity index (χ3n) is 3.11. The first kappa shape index (κ1) is 15.4. The van der Waals surface area contributed by atoms with Gasteiger partial charge in [0.25, 0.3) is 5.56 Å². The van der Waals surface area contributed by atoms with Crippen LogP contribution in [-0.4, -0.2) is 39.4 Å². The highest BCUT2D eigenvalue weighted by atomic mass is 17.2. The van der Waals surface area contributed by atoms with E-state index in [4.69, 9.17) is 9.62 Å². The SMILES string of the molecule is CC(=O)OO[C@H]1C[C@H](n2cc(C)c(=O)[nH]c2=O)O[C@@H]1CO. The molecule has 0 aliphatic carbocycles. The predicted molar refractivity (Wildman–Crippen MR) is 68.3 cm³/mol. The second-order valence-electron chi connectivity index (χ2n) is 4.74. The van der Waals surface area contributed by atoms with Gasteiger partial charge >= 0.3 is 11.7 Å². The van der Waals surface area contributed by atoms with E-state index in [0.29, 0.717) is 5.56 Å². The van der Waals surface area contributed by atoms with E-state index in [9.17, 15) is 19.5 Å². The number of nitrogens with one attached hydrogen (secondary N) is 1. The molecule has 0 amide bonds. The number of aromatic nitrogens is 2. The smallest absolute Gasteiger partial charge is 0.339 e. The zero-order valence-electron chi connectivity index (χ0n) is 11.6. The van der Waals surface area contributed by atoms with Gasteiger partial charge in [0.2, 0.25) is 0 Å². The number of rotatable bonds is 4. The second kappa shape index (κ2) is 6.20. The van der Waals surface area contributed by atoms with E-state index in [2.05, 4.69) is 9.87 Å². The minimum absolute atomic E-state index is 0.184. The summed E-state index contributed by atoms with van der Waals surface area (Å²) in [7, 11) is 0. The molecule has 0 radical (unpaired) electrons. The van der Waals surface area contributed by atoms with Crippen LogP contribution in [0.1, 0.15) is 25.1 Å². The van der Waals surface area contributed by atoms with E-state index in [-0.39, 0.29) is 13.0 Å². The maximum Gasteiger partial charge on any atom is 0.339 e. The average molecular weight is 300 g/mol. The molecular weight excluding hydrogens is 284 g/mol. The number of hydrogen-bond acceptors (Lipinski definition) is 7. The third kappa shape index (κ3) is 3.38. The fourth-order valence-corrected chi connectivity index (χ4v) is 2.07. The lowest BCUT2D eigenvalue weighted by Crippen LogP contribution is -2.33. The molecule has 1 aromatic rings. The van der Waals surface area contributed by atoms with E-state index in [1.807, 2.05) is 0 Å². The van der Waals surface area contributed by atoms with Crippen molar-refractivity contribution in [1.29, 1.82) is 0 Å². The van der Waals surface area contributed by atoms with Gasteiger partial charge in [-0.05, 0) is 6.92 Å². The number of hydrogen-bond donors (Lipinski definition) is 2. The Morgan fingerprint density at radius 3 is 2.90 bits per heavy atom. The topological polar surface area (TPSA) is 120 Å². The van der Waals surface area contributed by atoms with Crippen LogP contribution in [0.25, 0.3) is 0 Å². The number of aliphatic hydroxyl groups is 1. The van der Waals surface area contributed by atoms with Crippen molar-refractivity contribution in [3.8, 4) is 0 Å². The van der Waals surface area contributed by atoms with Gasteiger partial charge in [0.1, 0.15) is 18.4 Å². The van der Waals surface area contributed by atoms with E-state index in [1.54, 1.807) is 6.92 Å². The van der Waals surface area contributed by atoms with Crippen molar-refractivity contribution in [1.82, 2.24) is 9.55 Å². The maximum absolute atomic E-state index is 11.8. The van der Waals surface area contributed by atoms with Crippen LogP contribution >= 0.6 is 0 Å². The first-order chi connectivity index (χ1) is 9.92. The molecule has 9 heteroatoms. The quantitative estimate of drug-likeness (QED) is 0.540. The Hall–Kier alpha value is -1.97. The molecule has 3 atom stereocenters. The molecule has 2 rings (SSSR count). The van der Waals surface area contributed by atoms with Gasteiger partial charge in [-0.1, -0.05) is 0 Å². The summed E-state index contributed by atoms with van der Waals surface area (Å²) in [4.78, 5) is 45.4. The summed E-state index contributed by atoms with van der Waals surface area (Å²) in [5, 5.41) is 9.24. The molecule has 1 aliphatic heterocycles. The van der Waals surface area contributed by atoms with Crippen LogP contribution in [0.4, 0.5) is 0 Å². The Kier molecular flexibility index (Phi) is 4.56. The second-order valence-corrected chi connectivity index (χ2v) is 4.74. The zero-order valence-corrected chi connectivity index (χ0v) is 11.6. The lowest BCUT2D eigenvalue weighted by molar-refractivity contribution is -0.303. The summed E-state index contributed by atoms with van der Waals surface area (Å²) in [6.07, 6.45) is -0.625. The lowest BCUT2D eigenvalue weighted by Gasteiger charge is -2.15. The molecule has 1 fully saturated rings. The van der Waals surface area contributed by atoms with Gasteiger partial charge in [-0.15, -0.1) is 0 Å². The van der Waals surface area contributed by atoms with Crippen molar-refractivity contribution in [2.45, 2.75) is 38.7 Å². The summed E-state index contributed by atoms with van der Waals surface area (Å²) in [6, 6.07) is 0. The summed E-state index contributed by atoms with van der Waals surface area (Å²) in [5.41, 5.74) is -0.746. The van der Waals surface area contributed by atoms with Crippen molar-refractivity contribution in [3.63, 3.8) is 0 Å². The Bertz CT molecular complexity index is 635. The largest absolute Gasteiger partial charge is 0.394 e. The van der Waals surface area contributed by atoms with E-state index in [0.717, 1.165) is 0 Å². The van der Waals surface area contributed by atoms with Gasteiger partial charge in [0.05, 0.1) is 6.61 Å². The van der Waals surface area contributed by atoms with E-state index in [1.165, 1.54) is 17.7 Å². The van der Waals surface area contributed by atoms with Crippen LogP contribution in [0.3, 0.4) is 0 Å². The molecule has 1 aromatic heterocycles. The van der Waals surface area contributed by atoms with Gasteiger partial charge in [-0.3, -0.25) is 19.2 Å². The number of aliphatic hydroxyl groups excluding tert-OH is 1. The predicted octanol–water partition coefficient (Wildman–Crippen LogP) is -1.01. The van der Waals surface area contributed by atoms with Crippen LogP contribution in [0, 0.1) is 6.92 Å². The molecular formula is C12H16N2O7. The summed E-state index contributed by atoms with van der Waals surface area (Å²) in [6.45, 7) is 2.37. The Morgan fingerprint density at radius 2 is 2.29 bits per heavy atom. The molecule has 0 spiro atoms. The van der Waals surface area contributed by atoms with Gasteiger partial charge in [-0.2, -0.15) is 4.89 Å². The highest BCUT2D eigenvalue weighted by Gasteiger charge is 2.38. The average Bonchev–Trinajstić information content (AvgIpc) is 2.83. The number of carbonyl (C=O) groups excluding carboxylic acids is 1. The molecule has 0 unspecified atom stereocenters.